The van der Waals surface area contributed by atoms with Crippen molar-refractivity contribution in [2.24, 2.45) is 5.92 Å². The van der Waals surface area contributed by atoms with E-state index in [4.69, 9.17) is 18.7 Å². The Kier molecular flexibility index (Phi) is 7.40. The smallest absolute Gasteiger partial charge is 0.229 e. The first-order valence-electron chi connectivity index (χ1n) is 8.64. The van der Waals surface area contributed by atoms with Crippen molar-refractivity contribution in [2.75, 3.05) is 20.8 Å². The molecule has 2 aromatic rings. The number of methoxy groups -OCH3 is 2. The molecule has 0 aliphatic rings. The lowest BCUT2D eigenvalue weighted by Gasteiger charge is -2.14. The van der Waals surface area contributed by atoms with Gasteiger partial charge in [-0.15, -0.1) is 0 Å². The lowest BCUT2D eigenvalue weighted by molar-refractivity contribution is 0.0510. The minimum Gasteiger partial charge on any atom is -0.497 e. The van der Waals surface area contributed by atoms with Gasteiger partial charge in [-0.05, 0) is 37.0 Å². The summed E-state index contributed by atoms with van der Waals surface area (Å²) in [7, 11) is 3.25. The van der Waals surface area contributed by atoms with Gasteiger partial charge in [0.1, 0.15) is 11.9 Å². The summed E-state index contributed by atoms with van der Waals surface area (Å²) >= 11 is 0. The Morgan fingerprint density at radius 2 is 1.96 bits per heavy atom. The second-order valence-electron chi connectivity index (χ2n) is 6.50. The van der Waals surface area contributed by atoms with Gasteiger partial charge in [0.2, 0.25) is 11.7 Å². The van der Waals surface area contributed by atoms with Gasteiger partial charge in [0.05, 0.1) is 26.2 Å². The van der Waals surface area contributed by atoms with Crippen molar-refractivity contribution in [2.45, 2.75) is 45.8 Å². The van der Waals surface area contributed by atoms with Gasteiger partial charge in [0.15, 0.2) is 0 Å². The second kappa shape index (κ2) is 9.53. The molecule has 1 heterocycles. The van der Waals surface area contributed by atoms with Gasteiger partial charge in [-0.25, -0.2) is 0 Å². The molecule has 0 spiro atoms. The van der Waals surface area contributed by atoms with Crippen LogP contribution in [0.25, 0.3) is 0 Å². The molecule has 6 heteroatoms. The van der Waals surface area contributed by atoms with Crippen LogP contribution in [0.1, 0.15) is 50.6 Å². The molecule has 2 unspecified atom stereocenters. The number of benzene rings is 1. The van der Waals surface area contributed by atoms with Crippen LogP contribution in [0.4, 0.5) is 0 Å². The first kappa shape index (κ1) is 19.4. The predicted octanol–water partition coefficient (Wildman–Crippen LogP) is 3.81. The Labute approximate surface area is 149 Å². The zero-order valence-corrected chi connectivity index (χ0v) is 15.7. The first-order chi connectivity index (χ1) is 12.0. The maximum atomic E-state index is 5.79. The molecule has 0 N–H and O–H groups in total. The Morgan fingerprint density at radius 3 is 2.64 bits per heavy atom. The number of hydrogen-bond donors (Lipinski definition) is 0. The first-order valence-corrected chi connectivity index (χ1v) is 8.64. The highest BCUT2D eigenvalue weighted by molar-refractivity contribution is 5.32. The Morgan fingerprint density at radius 1 is 1.16 bits per heavy atom. The Bertz CT molecular complexity index is 642. The summed E-state index contributed by atoms with van der Waals surface area (Å²) in [4.78, 5) is 4.45. The van der Waals surface area contributed by atoms with Gasteiger partial charge < -0.3 is 18.7 Å². The molecular weight excluding hydrogens is 320 g/mol. The van der Waals surface area contributed by atoms with Crippen LogP contribution in [0, 0.1) is 5.92 Å². The molecule has 0 bridgehead atoms. The van der Waals surface area contributed by atoms with E-state index in [2.05, 4.69) is 30.9 Å². The molecule has 6 nitrogen and oxygen atoms in total. The van der Waals surface area contributed by atoms with Crippen LogP contribution in [-0.4, -0.2) is 37.1 Å². The van der Waals surface area contributed by atoms with Crippen molar-refractivity contribution in [3.8, 4) is 5.75 Å². The topological polar surface area (TPSA) is 66.6 Å². The fourth-order valence-corrected chi connectivity index (χ4v) is 2.75. The van der Waals surface area contributed by atoms with Gasteiger partial charge in [-0.3, -0.25) is 0 Å². The van der Waals surface area contributed by atoms with E-state index in [0.717, 1.165) is 17.7 Å². The highest BCUT2D eigenvalue weighted by atomic mass is 16.5. The second-order valence-corrected chi connectivity index (χ2v) is 6.50. The van der Waals surface area contributed by atoms with Crippen LogP contribution in [0.2, 0.25) is 0 Å². The highest BCUT2D eigenvalue weighted by Gasteiger charge is 2.20. The minimum absolute atomic E-state index is 0.228. The van der Waals surface area contributed by atoms with Gasteiger partial charge in [0.25, 0.3) is 0 Å². The lowest BCUT2D eigenvalue weighted by atomic mass is 10.1. The molecule has 2 atom stereocenters. The summed E-state index contributed by atoms with van der Waals surface area (Å²) in [5.41, 5.74) is 0.913. The molecule has 1 aromatic carbocycles. The molecule has 0 radical (unpaired) electrons. The predicted molar refractivity (Wildman–Crippen MR) is 94.7 cm³/mol. The maximum Gasteiger partial charge on any atom is 0.229 e. The number of aromatic nitrogens is 2. The molecule has 0 saturated heterocycles. The summed E-state index contributed by atoms with van der Waals surface area (Å²) in [5, 5.41) is 4.06. The molecule has 138 valence electrons. The van der Waals surface area contributed by atoms with Crippen molar-refractivity contribution in [1.29, 1.82) is 0 Å². The molecule has 0 aliphatic heterocycles. The molecule has 0 aliphatic carbocycles. The average molecular weight is 348 g/mol. The van der Waals surface area contributed by atoms with E-state index in [9.17, 15) is 0 Å². The summed E-state index contributed by atoms with van der Waals surface area (Å²) < 4.78 is 21.9. The largest absolute Gasteiger partial charge is 0.497 e. The van der Waals surface area contributed by atoms with Crippen LogP contribution in [0.3, 0.4) is 0 Å². The van der Waals surface area contributed by atoms with Crippen LogP contribution in [-0.2, 0) is 15.9 Å². The molecule has 2 rings (SSSR count). The molecule has 0 fully saturated rings. The van der Waals surface area contributed by atoms with Gasteiger partial charge in [0, 0.05) is 7.11 Å². The standard InChI is InChI=1S/C19H28N2O4/c1-13(2)11-14(3)24-10-9-17-20-19(21-25-17)18(23-5)15-7-6-8-16(12-15)22-4/h6-8,12-14,18H,9-11H2,1-5H3. The normalized spacial score (nSPS) is 13.8. The monoisotopic (exact) mass is 348 g/mol. The summed E-state index contributed by atoms with van der Waals surface area (Å²) in [5.74, 6) is 2.43. The molecule has 0 saturated carbocycles. The van der Waals surface area contributed by atoms with Crippen molar-refractivity contribution in [1.82, 2.24) is 10.1 Å². The fraction of sp³-hybridized carbons (Fsp3) is 0.579. The van der Waals surface area contributed by atoms with Crippen LogP contribution in [0.5, 0.6) is 5.75 Å². The Balaban J connectivity index is 1.96. The quantitative estimate of drug-likeness (QED) is 0.650. The van der Waals surface area contributed by atoms with Gasteiger partial charge in [-0.1, -0.05) is 31.1 Å². The van der Waals surface area contributed by atoms with Gasteiger partial charge >= 0.3 is 0 Å². The fourth-order valence-electron chi connectivity index (χ4n) is 2.75. The zero-order chi connectivity index (χ0) is 18.2. The van der Waals surface area contributed by atoms with E-state index in [-0.39, 0.29) is 6.10 Å². The van der Waals surface area contributed by atoms with E-state index >= 15 is 0 Å². The molecular formula is C19H28N2O4. The van der Waals surface area contributed by atoms with E-state index in [1.807, 2.05) is 24.3 Å². The van der Waals surface area contributed by atoms with Crippen molar-refractivity contribution in [3.63, 3.8) is 0 Å². The van der Waals surface area contributed by atoms with Crippen LogP contribution >= 0.6 is 0 Å². The Hall–Kier alpha value is -1.92. The van der Waals surface area contributed by atoms with Crippen molar-refractivity contribution in [3.05, 3.63) is 41.5 Å². The summed E-state index contributed by atoms with van der Waals surface area (Å²) in [6.45, 7) is 7.02. The zero-order valence-electron chi connectivity index (χ0n) is 15.7. The van der Waals surface area contributed by atoms with E-state index in [1.165, 1.54) is 0 Å². The number of rotatable bonds is 10. The van der Waals surface area contributed by atoms with Crippen LogP contribution < -0.4 is 4.74 Å². The van der Waals surface area contributed by atoms with Crippen LogP contribution in [0.15, 0.2) is 28.8 Å². The highest BCUT2D eigenvalue weighted by Crippen LogP contribution is 2.26. The molecule has 1 aromatic heterocycles. The third-order valence-electron chi connectivity index (χ3n) is 3.87. The van der Waals surface area contributed by atoms with Crippen molar-refractivity contribution < 1.29 is 18.7 Å². The van der Waals surface area contributed by atoms with E-state index in [1.54, 1.807) is 14.2 Å². The summed E-state index contributed by atoms with van der Waals surface area (Å²) in [6, 6.07) is 7.64. The molecule has 25 heavy (non-hydrogen) atoms. The lowest BCUT2D eigenvalue weighted by Crippen LogP contribution is -2.13. The number of nitrogens with zero attached hydrogens (tertiary/aromatic N) is 2. The number of ether oxygens (including phenoxy) is 3. The third-order valence-corrected chi connectivity index (χ3v) is 3.87. The van der Waals surface area contributed by atoms with E-state index in [0.29, 0.717) is 30.7 Å². The minimum atomic E-state index is -0.395. The van der Waals surface area contributed by atoms with Gasteiger partial charge in [-0.2, -0.15) is 4.98 Å². The van der Waals surface area contributed by atoms with Crippen molar-refractivity contribution >= 4 is 0 Å². The van der Waals surface area contributed by atoms with E-state index < -0.39 is 6.10 Å². The third kappa shape index (κ3) is 5.83. The summed E-state index contributed by atoms with van der Waals surface area (Å²) in [6.07, 6.45) is 1.46. The molecule has 0 amide bonds. The maximum absolute atomic E-state index is 5.79. The number of hydrogen-bond acceptors (Lipinski definition) is 6. The average Bonchev–Trinajstić information content (AvgIpc) is 3.03. The SMILES string of the molecule is COc1cccc(C(OC)c2noc(CCOC(C)CC(C)C)n2)c1.